The molecule has 0 spiro atoms. The van der Waals surface area contributed by atoms with Crippen LogP contribution in [-0.4, -0.2) is 30.1 Å². The summed E-state index contributed by atoms with van der Waals surface area (Å²) in [5.74, 6) is 0.201. The molecule has 7 heteroatoms. The summed E-state index contributed by atoms with van der Waals surface area (Å²) in [5, 5.41) is 6.81. The van der Waals surface area contributed by atoms with E-state index in [9.17, 15) is 9.59 Å². The number of ether oxygens (including phenoxy) is 1. The topological polar surface area (TPSA) is 83.2 Å². The second-order valence-electron chi connectivity index (χ2n) is 7.96. The number of H-pyrrole nitrogens is 1. The minimum atomic E-state index is -0.372. The Bertz CT molecular complexity index is 1080. The van der Waals surface area contributed by atoms with Gasteiger partial charge < -0.3 is 20.4 Å². The predicted molar refractivity (Wildman–Crippen MR) is 124 cm³/mol. The summed E-state index contributed by atoms with van der Waals surface area (Å²) in [6.07, 6.45) is 3.51. The second kappa shape index (κ2) is 9.56. The van der Waals surface area contributed by atoms with Crippen LogP contribution in [0.3, 0.4) is 0 Å². The van der Waals surface area contributed by atoms with Gasteiger partial charge in [0.1, 0.15) is 6.61 Å². The lowest BCUT2D eigenvalue weighted by Gasteiger charge is -2.29. The first-order valence-corrected chi connectivity index (χ1v) is 11.3. The lowest BCUT2D eigenvalue weighted by atomic mass is 9.81. The van der Waals surface area contributed by atoms with Gasteiger partial charge in [-0.25, -0.2) is 4.79 Å². The van der Waals surface area contributed by atoms with Gasteiger partial charge in [0.05, 0.1) is 4.60 Å². The van der Waals surface area contributed by atoms with E-state index in [1.807, 2.05) is 48.5 Å². The molecule has 2 amide bonds. The SMILES string of the molecule is CNC(=O)c1ccc2c(C3CCCC(NC(=O)OCc4ccccc4)C3)c(Br)[nH]c2c1. The molecule has 1 aromatic heterocycles. The van der Waals surface area contributed by atoms with Crippen molar-refractivity contribution in [3.8, 4) is 0 Å². The summed E-state index contributed by atoms with van der Waals surface area (Å²) in [7, 11) is 1.63. The van der Waals surface area contributed by atoms with E-state index in [0.717, 1.165) is 46.8 Å². The minimum Gasteiger partial charge on any atom is -0.445 e. The number of carbonyl (C=O) groups excluding carboxylic acids is 2. The number of aromatic amines is 1. The van der Waals surface area contributed by atoms with Crippen LogP contribution < -0.4 is 10.6 Å². The summed E-state index contributed by atoms with van der Waals surface area (Å²) in [6, 6.07) is 15.5. The molecular weight excluding hydrogens is 458 g/mol. The molecule has 3 aromatic rings. The highest BCUT2D eigenvalue weighted by Crippen LogP contribution is 2.41. The number of aromatic nitrogens is 1. The number of benzene rings is 2. The summed E-state index contributed by atoms with van der Waals surface area (Å²) < 4.78 is 6.33. The van der Waals surface area contributed by atoms with E-state index in [-0.39, 0.29) is 24.6 Å². The normalized spacial score (nSPS) is 18.5. The third-order valence-electron chi connectivity index (χ3n) is 5.90. The number of halogens is 1. The standard InChI is InChI=1S/C24H26BrN3O3/c1-26-23(29)17-10-11-19-20(13-17)28-22(25)21(19)16-8-5-9-18(12-16)27-24(30)31-14-15-6-3-2-4-7-15/h2-4,6-7,10-11,13,16,18,28H,5,8-9,12,14H2,1H3,(H,26,29)(H,27,30). The van der Waals surface area contributed by atoms with Gasteiger partial charge in [-0.1, -0.05) is 42.8 Å². The average Bonchev–Trinajstić information content (AvgIpc) is 3.12. The van der Waals surface area contributed by atoms with Crippen molar-refractivity contribution in [2.45, 2.75) is 44.2 Å². The van der Waals surface area contributed by atoms with E-state index in [0.29, 0.717) is 11.5 Å². The van der Waals surface area contributed by atoms with E-state index >= 15 is 0 Å². The van der Waals surface area contributed by atoms with E-state index in [2.05, 4.69) is 31.5 Å². The molecule has 2 unspecified atom stereocenters. The zero-order valence-corrected chi connectivity index (χ0v) is 19.0. The van der Waals surface area contributed by atoms with Crippen molar-refractivity contribution in [3.63, 3.8) is 0 Å². The fraction of sp³-hybridized carbons (Fsp3) is 0.333. The zero-order valence-electron chi connectivity index (χ0n) is 17.4. The van der Waals surface area contributed by atoms with Gasteiger partial charge in [0, 0.05) is 29.6 Å². The summed E-state index contributed by atoms with van der Waals surface area (Å²) in [4.78, 5) is 27.6. The van der Waals surface area contributed by atoms with Gasteiger partial charge in [0.15, 0.2) is 0 Å². The maximum atomic E-state index is 12.3. The number of alkyl carbamates (subject to hydrolysis) is 1. The molecule has 0 bridgehead atoms. The van der Waals surface area contributed by atoms with Crippen LogP contribution in [0.5, 0.6) is 0 Å². The number of hydrogen-bond acceptors (Lipinski definition) is 3. The molecule has 1 saturated carbocycles. The van der Waals surface area contributed by atoms with Crippen molar-refractivity contribution in [3.05, 3.63) is 69.8 Å². The van der Waals surface area contributed by atoms with Crippen LogP contribution in [0.4, 0.5) is 4.79 Å². The second-order valence-corrected chi connectivity index (χ2v) is 8.75. The molecule has 3 N–H and O–H groups in total. The summed E-state index contributed by atoms with van der Waals surface area (Å²) in [6.45, 7) is 0.268. The molecule has 162 valence electrons. The quantitative estimate of drug-likeness (QED) is 0.463. The van der Waals surface area contributed by atoms with Gasteiger partial charge in [0.2, 0.25) is 0 Å². The van der Waals surface area contributed by atoms with Crippen molar-refractivity contribution < 1.29 is 14.3 Å². The van der Waals surface area contributed by atoms with E-state index in [4.69, 9.17) is 4.74 Å². The number of carbonyl (C=O) groups is 2. The van der Waals surface area contributed by atoms with Crippen LogP contribution in [-0.2, 0) is 11.3 Å². The molecule has 0 aliphatic heterocycles. The Morgan fingerprint density at radius 1 is 1.16 bits per heavy atom. The van der Waals surface area contributed by atoms with Crippen molar-refractivity contribution in [1.82, 2.24) is 15.6 Å². The molecule has 1 fully saturated rings. The lowest BCUT2D eigenvalue weighted by Crippen LogP contribution is -2.38. The maximum Gasteiger partial charge on any atom is 0.407 e. The van der Waals surface area contributed by atoms with Gasteiger partial charge in [0.25, 0.3) is 5.91 Å². The number of hydrogen-bond donors (Lipinski definition) is 3. The summed E-state index contributed by atoms with van der Waals surface area (Å²) in [5.41, 5.74) is 3.74. The Hall–Kier alpha value is -2.80. The lowest BCUT2D eigenvalue weighted by molar-refractivity contribution is 0.0963. The Kier molecular flexibility index (Phi) is 6.61. The Labute approximate surface area is 189 Å². The Morgan fingerprint density at radius 2 is 1.97 bits per heavy atom. The number of nitrogens with one attached hydrogen (secondary N) is 3. The van der Waals surface area contributed by atoms with E-state index in [1.165, 1.54) is 5.56 Å². The molecule has 4 rings (SSSR count). The minimum absolute atomic E-state index is 0.0732. The van der Waals surface area contributed by atoms with Crippen molar-refractivity contribution >= 4 is 38.8 Å². The fourth-order valence-electron chi connectivity index (χ4n) is 4.39. The number of fused-ring (bicyclic) bond motifs is 1. The predicted octanol–water partition coefficient (Wildman–Crippen LogP) is 5.24. The van der Waals surface area contributed by atoms with E-state index < -0.39 is 0 Å². The van der Waals surface area contributed by atoms with Gasteiger partial charge >= 0.3 is 6.09 Å². The monoisotopic (exact) mass is 483 g/mol. The highest BCUT2D eigenvalue weighted by molar-refractivity contribution is 9.10. The smallest absolute Gasteiger partial charge is 0.407 e. The molecule has 0 saturated heterocycles. The van der Waals surface area contributed by atoms with Crippen LogP contribution in [0, 0.1) is 0 Å². The largest absolute Gasteiger partial charge is 0.445 e. The molecule has 2 aromatic carbocycles. The van der Waals surface area contributed by atoms with Gasteiger partial charge in [-0.2, -0.15) is 0 Å². The highest BCUT2D eigenvalue weighted by atomic mass is 79.9. The van der Waals surface area contributed by atoms with Crippen LogP contribution in [0.1, 0.15) is 53.1 Å². The molecular formula is C24H26BrN3O3. The molecule has 2 atom stereocenters. The third kappa shape index (κ3) is 4.93. The third-order valence-corrected chi connectivity index (χ3v) is 6.52. The highest BCUT2D eigenvalue weighted by Gasteiger charge is 2.28. The molecule has 1 aliphatic rings. The molecule has 6 nitrogen and oxygen atoms in total. The van der Waals surface area contributed by atoms with Crippen LogP contribution in [0.15, 0.2) is 53.1 Å². The Morgan fingerprint density at radius 3 is 2.74 bits per heavy atom. The maximum absolute atomic E-state index is 12.3. The zero-order chi connectivity index (χ0) is 21.8. The van der Waals surface area contributed by atoms with Crippen molar-refractivity contribution in [2.24, 2.45) is 0 Å². The van der Waals surface area contributed by atoms with Gasteiger partial charge in [-0.15, -0.1) is 0 Å². The number of rotatable bonds is 5. The number of amides is 2. The average molecular weight is 484 g/mol. The van der Waals surface area contributed by atoms with E-state index in [1.54, 1.807) is 7.05 Å². The summed E-state index contributed by atoms with van der Waals surface area (Å²) >= 11 is 3.68. The molecule has 0 radical (unpaired) electrons. The molecule has 1 heterocycles. The van der Waals surface area contributed by atoms with Gasteiger partial charge in [-0.3, -0.25) is 4.79 Å². The Balaban J connectivity index is 1.43. The molecule has 31 heavy (non-hydrogen) atoms. The van der Waals surface area contributed by atoms with Crippen molar-refractivity contribution in [1.29, 1.82) is 0 Å². The first kappa shape index (κ1) is 21.4. The van der Waals surface area contributed by atoms with Crippen LogP contribution in [0.2, 0.25) is 0 Å². The van der Waals surface area contributed by atoms with Crippen LogP contribution >= 0.6 is 15.9 Å². The fourth-order valence-corrected chi connectivity index (χ4v) is 5.14. The van der Waals surface area contributed by atoms with Crippen LogP contribution in [0.25, 0.3) is 10.9 Å². The van der Waals surface area contributed by atoms with Crippen molar-refractivity contribution in [2.75, 3.05) is 7.05 Å². The first-order valence-electron chi connectivity index (χ1n) is 10.6. The molecule has 1 aliphatic carbocycles. The first-order chi connectivity index (χ1) is 15.0. The van der Waals surface area contributed by atoms with Gasteiger partial charge in [-0.05, 0) is 64.4 Å².